The van der Waals surface area contributed by atoms with Gasteiger partial charge in [-0.2, -0.15) is 0 Å². The summed E-state index contributed by atoms with van der Waals surface area (Å²) in [5, 5.41) is 5.77. The molecule has 0 aliphatic carbocycles. The summed E-state index contributed by atoms with van der Waals surface area (Å²) in [6.45, 7) is 4.30. The molecule has 0 fully saturated rings. The summed E-state index contributed by atoms with van der Waals surface area (Å²) in [6.07, 6.45) is 5.87. The van der Waals surface area contributed by atoms with E-state index in [2.05, 4.69) is 17.6 Å². The largest absolute Gasteiger partial charge is 0.460 e. The first-order chi connectivity index (χ1) is 17.8. The van der Waals surface area contributed by atoms with E-state index in [0.717, 1.165) is 12.8 Å². The van der Waals surface area contributed by atoms with Gasteiger partial charge in [0.25, 0.3) is 5.91 Å². The first-order valence-electron chi connectivity index (χ1n) is 12.8. The zero-order valence-electron chi connectivity index (χ0n) is 22.1. The van der Waals surface area contributed by atoms with Crippen LogP contribution in [0.25, 0.3) is 0 Å². The van der Waals surface area contributed by atoms with Crippen molar-refractivity contribution >= 4 is 23.6 Å². The lowest BCUT2D eigenvalue weighted by Crippen LogP contribution is -2.46. The Balaban J connectivity index is 1.68. The second-order valence-corrected chi connectivity index (χ2v) is 9.15. The van der Waals surface area contributed by atoms with E-state index in [0.29, 0.717) is 28.1 Å². The van der Waals surface area contributed by atoms with E-state index < -0.39 is 12.0 Å². The Kier molecular flexibility index (Phi) is 10.3. The summed E-state index contributed by atoms with van der Waals surface area (Å²) in [6, 6.07) is 13.8. The molecule has 0 radical (unpaired) electrons. The van der Waals surface area contributed by atoms with Crippen LogP contribution in [0.2, 0.25) is 0 Å². The van der Waals surface area contributed by atoms with Crippen LogP contribution < -0.4 is 10.6 Å². The van der Waals surface area contributed by atoms with E-state index in [9.17, 15) is 14.4 Å². The van der Waals surface area contributed by atoms with Crippen LogP contribution in [-0.2, 0) is 20.7 Å². The van der Waals surface area contributed by atoms with Crippen LogP contribution >= 0.6 is 0 Å². The highest BCUT2D eigenvalue weighted by Crippen LogP contribution is 2.31. The van der Waals surface area contributed by atoms with E-state index in [4.69, 9.17) is 9.47 Å². The Morgan fingerprint density at radius 3 is 2.35 bits per heavy atom. The van der Waals surface area contributed by atoms with Gasteiger partial charge in [-0.05, 0) is 55.2 Å². The third kappa shape index (κ3) is 7.43. The molecule has 1 atom stereocenters. The van der Waals surface area contributed by atoms with Crippen molar-refractivity contribution in [3.8, 4) is 0 Å². The Bertz CT molecular complexity index is 1110. The van der Waals surface area contributed by atoms with Crippen LogP contribution in [0.5, 0.6) is 0 Å². The van der Waals surface area contributed by atoms with Gasteiger partial charge >= 0.3 is 12.0 Å². The Morgan fingerprint density at radius 2 is 1.70 bits per heavy atom. The highest BCUT2D eigenvalue weighted by molar-refractivity contribution is 6.04. The zero-order chi connectivity index (χ0) is 26.8. The Morgan fingerprint density at radius 1 is 1.00 bits per heavy atom. The fraction of sp³-hybridized carbons (Fsp3) is 0.414. The number of rotatable bonds is 12. The van der Waals surface area contributed by atoms with Crippen LogP contribution in [0.4, 0.5) is 10.5 Å². The van der Waals surface area contributed by atoms with Crippen molar-refractivity contribution in [1.82, 2.24) is 10.2 Å². The van der Waals surface area contributed by atoms with Crippen LogP contribution in [0.3, 0.4) is 0 Å². The number of anilines is 1. The predicted octanol–water partition coefficient (Wildman–Crippen LogP) is 5.22. The molecule has 1 heterocycles. The second-order valence-electron chi connectivity index (χ2n) is 9.15. The number of urea groups is 1. The molecule has 37 heavy (non-hydrogen) atoms. The monoisotopic (exact) mass is 507 g/mol. The quantitative estimate of drug-likeness (QED) is 0.303. The molecule has 0 aromatic heterocycles. The zero-order valence-corrected chi connectivity index (χ0v) is 22.1. The van der Waals surface area contributed by atoms with Crippen LogP contribution in [0.15, 0.2) is 59.8 Å². The molecule has 3 rings (SSSR count). The summed E-state index contributed by atoms with van der Waals surface area (Å²) in [7, 11) is 3.13. The van der Waals surface area contributed by atoms with Crippen molar-refractivity contribution in [3.63, 3.8) is 0 Å². The van der Waals surface area contributed by atoms with Crippen LogP contribution in [-0.4, -0.2) is 50.2 Å². The predicted molar refractivity (Wildman–Crippen MR) is 143 cm³/mol. The highest BCUT2D eigenvalue weighted by atomic mass is 16.6. The molecule has 0 saturated heterocycles. The summed E-state index contributed by atoms with van der Waals surface area (Å²) in [5.41, 5.74) is 4.00. The minimum Gasteiger partial charge on any atom is -0.460 e. The molecule has 8 heteroatoms. The molecule has 3 amide bonds. The molecule has 2 aromatic carbocycles. The number of carbonyl (C=O) groups is 3. The van der Waals surface area contributed by atoms with Crippen LogP contribution in [0.1, 0.15) is 67.1 Å². The number of nitrogens with one attached hydrogen (secondary N) is 2. The van der Waals surface area contributed by atoms with Crippen LogP contribution in [0, 0.1) is 0 Å². The van der Waals surface area contributed by atoms with Gasteiger partial charge in [0, 0.05) is 31.1 Å². The van der Waals surface area contributed by atoms with Gasteiger partial charge in [0.05, 0.1) is 18.2 Å². The highest BCUT2D eigenvalue weighted by Gasteiger charge is 2.35. The number of hydrogen-bond donors (Lipinski definition) is 2. The fourth-order valence-electron chi connectivity index (χ4n) is 4.19. The number of benzene rings is 2. The van der Waals surface area contributed by atoms with Crippen molar-refractivity contribution in [2.75, 3.05) is 32.7 Å². The van der Waals surface area contributed by atoms with Gasteiger partial charge in [-0.15, -0.1) is 0 Å². The number of allylic oxidation sites excluding steroid dienone is 1. The summed E-state index contributed by atoms with van der Waals surface area (Å²) in [5.74, 6) is -0.714. The van der Waals surface area contributed by atoms with E-state index >= 15 is 0 Å². The molecule has 0 bridgehead atoms. The van der Waals surface area contributed by atoms with Crippen molar-refractivity contribution in [2.45, 2.75) is 52.0 Å². The average Bonchev–Trinajstić information content (AvgIpc) is 2.90. The molecule has 0 spiro atoms. The van der Waals surface area contributed by atoms with Crippen molar-refractivity contribution < 1.29 is 23.9 Å². The van der Waals surface area contributed by atoms with Gasteiger partial charge in [-0.25, -0.2) is 9.59 Å². The van der Waals surface area contributed by atoms with Gasteiger partial charge in [0.2, 0.25) is 0 Å². The van der Waals surface area contributed by atoms with Gasteiger partial charge < -0.3 is 25.0 Å². The number of nitrogens with zero attached hydrogens (tertiary/aromatic N) is 1. The molecule has 2 N–H and O–H groups in total. The Labute approximate surface area is 219 Å². The van der Waals surface area contributed by atoms with Crippen molar-refractivity contribution in [1.29, 1.82) is 0 Å². The van der Waals surface area contributed by atoms with Gasteiger partial charge in [-0.1, -0.05) is 50.5 Å². The molecule has 1 aliphatic heterocycles. The molecule has 1 aliphatic rings. The first-order valence-corrected chi connectivity index (χ1v) is 12.8. The minimum atomic E-state index is -0.673. The smallest absolute Gasteiger partial charge is 0.338 e. The molecule has 8 nitrogen and oxygen atoms in total. The first kappa shape index (κ1) is 27.9. The normalized spacial score (nSPS) is 15.4. The average molecular weight is 508 g/mol. The number of amides is 3. The maximum absolute atomic E-state index is 12.8. The number of esters is 1. The SMILES string of the molecule is CCCCCCc1ccc(C(=O)Nc2ccc(C3NC(=O)N(C)C(C)=C3C(=O)OCCOC)cc2)cc1. The molecule has 0 saturated carbocycles. The van der Waals surface area contributed by atoms with E-state index in [-0.39, 0.29) is 25.2 Å². The molecule has 2 aromatic rings. The fourth-order valence-corrected chi connectivity index (χ4v) is 4.19. The lowest BCUT2D eigenvalue weighted by molar-refractivity contribution is -0.140. The molecule has 1 unspecified atom stereocenters. The number of methoxy groups -OCH3 is 1. The topological polar surface area (TPSA) is 97.0 Å². The standard InChI is InChI=1S/C29H37N3O5/c1-5-6-7-8-9-21-10-12-23(13-11-21)27(33)30-24-16-14-22(15-17-24)26-25(28(34)37-19-18-36-4)20(2)32(3)29(35)31-26/h10-17,26H,5-9,18-19H2,1-4H3,(H,30,33)(H,31,35). The summed E-state index contributed by atoms with van der Waals surface area (Å²) in [4.78, 5) is 39.4. The number of hydrogen-bond acceptors (Lipinski definition) is 5. The summed E-state index contributed by atoms with van der Waals surface area (Å²) < 4.78 is 10.3. The molecule has 198 valence electrons. The number of unbranched alkanes of at least 4 members (excludes halogenated alkanes) is 3. The number of aryl methyl sites for hydroxylation is 1. The Hall–Kier alpha value is -3.65. The maximum Gasteiger partial charge on any atom is 0.338 e. The third-order valence-electron chi connectivity index (χ3n) is 6.53. The lowest BCUT2D eigenvalue weighted by atomic mass is 9.95. The number of carbonyl (C=O) groups excluding carboxylic acids is 3. The van der Waals surface area contributed by atoms with Gasteiger partial charge in [0.15, 0.2) is 0 Å². The maximum atomic E-state index is 12.8. The van der Waals surface area contributed by atoms with Crippen molar-refractivity contribution in [2.24, 2.45) is 0 Å². The molecular weight excluding hydrogens is 470 g/mol. The van der Waals surface area contributed by atoms with E-state index in [1.54, 1.807) is 38.2 Å². The number of ether oxygens (including phenoxy) is 2. The van der Waals surface area contributed by atoms with E-state index in [1.807, 2.05) is 24.3 Å². The summed E-state index contributed by atoms with van der Waals surface area (Å²) >= 11 is 0. The molecular formula is C29H37N3O5. The van der Waals surface area contributed by atoms with Gasteiger partial charge in [-0.3, -0.25) is 4.79 Å². The van der Waals surface area contributed by atoms with E-state index in [1.165, 1.54) is 36.8 Å². The lowest BCUT2D eigenvalue weighted by Gasteiger charge is -2.33. The minimum absolute atomic E-state index is 0.112. The third-order valence-corrected chi connectivity index (χ3v) is 6.53. The van der Waals surface area contributed by atoms with Gasteiger partial charge in [0.1, 0.15) is 6.61 Å². The second kappa shape index (κ2) is 13.6. The van der Waals surface area contributed by atoms with Crippen molar-refractivity contribution in [3.05, 3.63) is 76.5 Å².